The van der Waals surface area contributed by atoms with Gasteiger partial charge >= 0.3 is 12.1 Å². The number of piperazine rings is 1. The Bertz CT molecular complexity index is 1380. The molecule has 200 valence electrons. The maximum absolute atomic E-state index is 14.0. The third-order valence-corrected chi connectivity index (χ3v) is 8.33. The number of rotatable bonds is 4. The van der Waals surface area contributed by atoms with Crippen LogP contribution in [-0.2, 0) is 19.1 Å². The molecule has 2 amide bonds. The van der Waals surface area contributed by atoms with E-state index in [1.807, 2.05) is 68.4 Å². The van der Waals surface area contributed by atoms with Gasteiger partial charge in [0.25, 0.3) is 0 Å². The zero-order valence-electron chi connectivity index (χ0n) is 22.3. The fourth-order valence-electron chi connectivity index (χ4n) is 6.52. The second-order valence-electron chi connectivity index (χ2n) is 10.9. The van der Waals surface area contributed by atoms with Crippen LogP contribution in [0.2, 0.25) is 0 Å². The number of cyclic esters (lactones) is 1. The summed E-state index contributed by atoms with van der Waals surface area (Å²) < 4.78 is 11.5. The number of ether oxygens (including phenoxy) is 2. The van der Waals surface area contributed by atoms with Crippen LogP contribution in [0.4, 0.5) is 4.79 Å². The Kier molecular flexibility index (Phi) is 6.37. The lowest BCUT2D eigenvalue weighted by molar-refractivity contribution is -0.185. The minimum atomic E-state index is -0.910. The smallest absolute Gasteiger partial charge is 0.410 e. The van der Waals surface area contributed by atoms with Gasteiger partial charge in [0.2, 0.25) is 5.91 Å². The Morgan fingerprint density at radius 3 is 2.13 bits per heavy atom. The molecule has 2 saturated heterocycles. The number of nitrogens with zero attached hydrogens (tertiary/aromatic N) is 2. The van der Waals surface area contributed by atoms with Crippen LogP contribution in [0.15, 0.2) is 78.9 Å². The van der Waals surface area contributed by atoms with Crippen LogP contribution in [0.5, 0.6) is 0 Å². The second kappa shape index (κ2) is 9.88. The minimum Gasteiger partial charge on any atom is -0.462 e. The SMILES string of the molecule is CC(C)[C@@H]1C(=O)N2[C@H](C(=O)OC[C@H]2c2ccccc2)C(C)N1C(=O)OCC1c2ccccc2-c2ccccc21. The van der Waals surface area contributed by atoms with E-state index in [-0.39, 0.29) is 31.0 Å². The van der Waals surface area contributed by atoms with Crippen LogP contribution in [0.1, 0.15) is 49.4 Å². The molecule has 2 aliphatic heterocycles. The first kappa shape index (κ1) is 25.2. The van der Waals surface area contributed by atoms with Crippen molar-refractivity contribution in [2.24, 2.45) is 5.92 Å². The van der Waals surface area contributed by atoms with Crippen molar-refractivity contribution in [2.45, 2.75) is 50.9 Å². The number of morpholine rings is 1. The summed E-state index contributed by atoms with van der Waals surface area (Å²) >= 11 is 0. The van der Waals surface area contributed by atoms with Gasteiger partial charge in [0.15, 0.2) is 6.04 Å². The molecule has 3 aliphatic rings. The van der Waals surface area contributed by atoms with Crippen LogP contribution < -0.4 is 0 Å². The van der Waals surface area contributed by atoms with Gasteiger partial charge in [-0.05, 0) is 40.7 Å². The first-order valence-electron chi connectivity index (χ1n) is 13.6. The van der Waals surface area contributed by atoms with Crippen molar-refractivity contribution < 1.29 is 23.9 Å². The lowest BCUT2D eigenvalue weighted by atomic mass is 9.88. The largest absolute Gasteiger partial charge is 0.462 e. The average Bonchev–Trinajstić information content (AvgIpc) is 3.27. The van der Waals surface area contributed by atoms with Crippen LogP contribution in [0, 0.1) is 5.92 Å². The third kappa shape index (κ3) is 4.08. The van der Waals surface area contributed by atoms with Crippen molar-refractivity contribution in [3.63, 3.8) is 0 Å². The molecule has 0 radical (unpaired) electrons. The zero-order chi connectivity index (χ0) is 27.3. The van der Waals surface area contributed by atoms with Gasteiger partial charge in [-0.1, -0.05) is 92.7 Å². The number of carbonyl (C=O) groups excluding carboxylic acids is 3. The number of amides is 2. The molecular weight excluding hydrogens is 492 g/mol. The Hall–Kier alpha value is -4.13. The van der Waals surface area contributed by atoms with Gasteiger partial charge in [0.1, 0.15) is 19.3 Å². The summed E-state index contributed by atoms with van der Waals surface area (Å²) in [6, 6.07) is 23.2. The summed E-state index contributed by atoms with van der Waals surface area (Å²) in [4.78, 5) is 44.0. The molecule has 3 aromatic carbocycles. The van der Waals surface area contributed by atoms with Gasteiger partial charge in [-0.25, -0.2) is 9.59 Å². The summed E-state index contributed by atoms with van der Waals surface area (Å²) in [7, 11) is 0. The highest BCUT2D eigenvalue weighted by Crippen LogP contribution is 2.45. The Balaban J connectivity index is 1.29. The van der Waals surface area contributed by atoms with Gasteiger partial charge in [0.05, 0.1) is 12.1 Å². The first-order valence-corrected chi connectivity index (χ1v) is 13.6. The lowest BCUT2D eigenvalue weighted by Gasteiger charge is -2.53. The fraction of sp³-hybridized carbons (Fsp3) is 0.344. The molecule has 6 rings (SSSR count). The molecule has 0 bridgehead atoms. The number of carbonyl (C=O) groups is 3. The average molecular weight is 525 g/mol. The van der Waals surface area contributed by atoms with Crippen LogP contribution in [0.25, 0.3) is 11.1 Å². The molecule has 1 unspecified atom stereocenters. The highest BCUT2D eigenvalue weighted by molar-refractivity contribution is 5.94. The van der Waals surface area contributed by atoms with E-state index in [1.165, 1.54) is 4.90 Å². The van der Waals surface area contributed by atoms with E-state index in [9.17, 15) is 14.4 Å². The maximum atomic E-state index is 14.0. The molecule has 1 aliphatic carbocycles. The van der Waals surface area contributed by atoms with Gasteiger partial charge in [-0.3, -0.25) is 9.69 Å². The predicted octanol–water partition coefficient (Wildman–Crippen LogP) is 5.16. The van der Waals surface area contributed by atoms with E-state index >= 15 is 0 Å². The standard InChI is InChI=1S/C32H32N2O5/c1-19(2)28-30(35)34-27(21-11-5-4-6-12-21)18-38-31(36)29(34)20(3)33(28)32(37)39-17-26-24-15-9-7-13-22(24)23-14-8-10-16-25(23)26/h4-16,19-20,26-29H,17-18H2,1-3H3/t20?,27-,28+,29-/m0/s1. The molecule has 0 aromatic heterocycles. The summed E-state index contributed by atoms with van der Waals surface area (Å²) in [6.07, 6.45) is -0.592. The number of hydrogen-bond acceptors (Lipinski definition) is 5. The van der Waals surface area contributed by atoms with E-state index < -0.39 is 36.2 Å². The van der Waals surface area contributed by atoms with Crippen molar-refractivity contribution in [1.82, 2.24) is 9.80 Å². The van der Waals surface area contributed by atoms with Crippen molar-refractivity contribution in [1.29, 1.82) is 0 Å². The molecule has 4 atom stereocenters. The highest BCUT2D eigenvalue weighted by Gasteiger charge is 2.56. The van der Waals surface area contributed by atoms with E-state index in [4.69, 9.17) is 9.47 Å². The van der Waals surface area contributed by atoms with Crippen LogP contribution >= 0.6 is 0 Å². The summed E-state index contributed by atoms with van der Waals surface area (Å²) in [5.74, 6) is -1.04. The van der Waals surface area contributed by atoms with E-state index in [0.29, 0.717) is 0 Å². The Morgan fingerprint density at radius 2 is 1.51 bits per heavy atom. The number of hydrogen-bond donors (Lipinski definition) is 0. The molecule has 0 spiro atoms. The molecule has 2 fully saturated rings. The predicted molar refractivity (Wildman–Crippen MR) is 146 cm³/mol. The van der Waals surface area contributed by atoms with Gasteiger partial charge in [0, 0.05) is 5.92 Å². The van der Waals surface area contributed by atoms with E-state index in [1.54, 1.807) is 11.8 Å². The van der Waals surface area contributed by atoms with Crippen LogP contribution in [-0.4, -0.2) is 59.1 Å². The number of fused-ring (bicyclic) bond motifs is 4. The quantitative estimate of drug-likeness (QED) is 0.441. The normalized spacial score (nSPS) is 24.2. The van der Waals surface area contributed by atoms with E-state index in [0.717, 1.165) is 27.8 Å². The molecule has 3 aromatic rings. The van der Waals surface area contributed by atoms with Crippen molar-refractivity contribution in [3.8, 4) is 11.1 Å². The fourth-order valence-corrected chi connectivity index (χ4v) is 6.52. The minimum absolute atomic E-state index is 0.0908. The Labute approximate surface area is 228 Å². The summed E-state index contributed by atoms with van der Waals surface area (Å²) in [5.41, 5.74) is 5.41. The first-order chi connectivity index (χ1) is 18.9. The van der Waals surface area contributed by atoms with Crippen molar-refractivity contribution in [3.05, 3.63) is 95.6 Å². The van der Waals surface area contributed by atoms with E-state index in [2.05, 4.69) is 24.3 Å². The molecule has 0 N–H and O–H groups in total. The maximum Gasteiger partial charge on any atom is 0.410 e. The van der Waals surface area contributed by atoms with Gasteiger partial charge < -0.3 is 14.4 Å². The molecule has 0 saturated carbocycles. The monoisotopic (exact) mass is 524 g/mol. The lowest BCUT2D eigenvalue weighted by Crippen LogP contribution is -2.72. The second-order valence-corrected chi connectivity index (χ2v) is 10.9. The third-order valence-electron chi connectivity index (χ3n) is 8.33. The molecule has 7 nitrogen and oxygen atoms in total. The van der Waals surface area contributed by atoms with Crippen molar-refractivity contribution >= 4 is 18.0 Å². The van der Waals surface area contributed by atoms with Gasteiger partial charge in [-0.15, -0.1) is 0 Å². The van der Waals surface area contributed by atoms with Crippen LogP contribution in [0.3, 0.4) is 0 Å². The highest BCUT2D eigenvalue weighted by atomic mass is 16.6. The number of esters is 1. The number of benzene rings is 3. The summed E-state index contributed by atoms with van der Waals surface area (Å²) in [5, 5.41) is 0. The van der Waals surface area contributed by atoms with Crippen molar-refractivity contribution in [2.75, 3.05) is 13.2 Å². The Morgan fingerprint density at radius 1 is 0.923 bits per heavy atom. The molecular formula is C32H32N2O5. The topological polar surface area (TPSA) is 76.2 Å². The molecule has 7 heteroatoms. The zero-order valence-corrected chi connectivity index (χ0v) is 22.3. The molecule has 39 heavy (non-hydrogen) atoms. The summed E-state index contributed by atoms with van der Waals surface area (Å²) in [6.45, 7) is 5.86. The molecule has 2 heterocycles. The van der Waals surface area contributed by atoms with Gasteiger partial charge in [-0.2, -0.15) is 0 Å².